The summed E-state index contributed by atoms with van der Waals surface area (Å²) in [6.45, 7) is 1.92. The molecule has 4 aromatic carbocycles. The van der Waals surface area contributed by atoms with Crippen LogP contribution >= 0.6 is 35.0 Å². The van der Waals surface area contributed by atoms with Gasteiger partial charge in [-0.25, -0.2) is 0 Å². The topological polar surface area (TPSA) is 81.4 Å². The highest BCUT2D eigenvalue weighted by molar-refractivity contribution is 7.98. The van der Waals surface area contributed by atoms with Crippen molar-refractivity contribution in [2.45, 2.75) is 32.1 Å². The summed E-state index contributed by atoms with van der Waals surface area (Å²) >= 11 is 14.7. The number of aromatic amines is 2. The molecule has 9 heteroatoms. The van der Waals surface area contributed by atoms with Crippen LogP contribution in [0.15, 0.2) is 84.9 Å². The highest BCUT2D eigenvalue weighted by Crippen LogP contribution is 2.35. The Balaban J connectivity index is 0.000000159. The van der Waals surface area contributed by atoms with Crippen molar-refractivity contribution in [2.75, 3.05) is 35.7 Å². The number of hydrogen-bond donors (Lipinski definition) is 4. The number of hydrogen-bond acceptors (Lipinski definition) is 5. The zero-order chi connectivity index (χ0) is 31.0. The lowest BCUT2D eigenvalue weighted by atomic mass is 10.0. The molecule has 0 radical (unpaired) electrons. The molecule has 7 rings (SSSR count). The number of nitrogens with zero attached hydrogens (tertiary/aromatic N) is 2. The van der Waals surface area contributed by atoms with Crippen LogP contribution in [0.3, 0.4) is 0 Å². The number of benzene rings is 4. The first kappa shape index (κ1) is 31.3. The van der Waals surface area contributed by atoms with Gasteiger partial charge in [-0.3, -0.25) is 10.2 Å². The number of halogens is 2. The van der Waals surface area contributed by atoms with Crippen LogP contribution in [-0.4, -0.2) is 45.5 Å². The lowest BCUT2D eigenvalue weighted by Gasteiger charge is -2.10. The molecule has 0 saturated heterocycles. The van der Waals surface area contributed by atoms with E-state index in [0.29, 0.717) is 0 Å². The minimum atomic E-state index is 0.733. The molecule has 4 N–H and O–H groups in total. The first-order valence-corrected chi connectivity index (χ1v) is 17.7. The van der Waals surface area contributed by atoms with Crippen molar-refractivity contribution in [3.63, 3.8) is 0 Å². The molecule has 0 atom stereocenters. The van der Waals surface area contributed by atoms with E-state index in [9.17, 15) is 0 Å². The smallest absolute Gasteiger partial charge is 0.155 e. The lowest BCUT2D eigenvalue weighted by Crippen LogP contribution is -2.11. The van der Waals surface area contributed by atoms with Gasteiger partial charge in [0.05, 0.1) is 21.1 Å². The molecule has 45 heavy (non-hydrogen) atoms. The second kappa shape index (κ2) is 15.1. The van der Waals surface area contributed by atoms with Crippen LogP contribution in [0, 0.1) is 5.92 Å². The Morgan fingerprint density at radius 3 is 1.76 bits per heavy atom. The first-order valence-electron chi connectivity index (χ1n) is 15.5. The highest BCUT2D eigenvalue weighted by atomic mass is 35.5. The number of aromatic nitrogens is 4. The molecule has 232 valence electrons. The van der Waals surface area contributed by atoms with Crippen LogP contribution < -0.4 is 10.6 Å². The van der Waals surface area contributed by atoms with Gasteiger partial charge in [-0.05, 0) is 72.6 Å². The summed E-state index contributed by atoms with van der Waals surface area (Å²) in [6, 6.07) is 28.6. The highest BCUT2D eigenvalue weighted by Gasteiger charge is 2.17. The van der Waals surface area contributed by atoms with Gasteiger partial charge in [0.2, 0.25) is 0 Å². The van der Waals surface area contributed by atoms with E-state index in [1.54, 1.807) is 0 Å². The summed E-state index contributed by atoms with van der Waals surface area (Å²) in [4.78, 5) is 0. The summed E-state index contributed by atoms with van der Waals surface area (Å²) in [7, 11) is 0. The van der Waals surface area contributed by atoms with Crippen LogP contribution in [-0.2, 0) is 0 Å². The van der Waals surface area contributed by atoms with Crippen molar-refractivity contribution in [3.05, 3.63) is 95.0 Å². The van der Waals surface area contributed by atoms with Gasteiger partial charge in [-0.2, -0.15) is 22.0 Å². The number of nitrogens with one attached hydrogen (secondary N) is 4. The van der Waals surface area contributed by atoms with Gasteiger partial charge in [0, 0.05) is 35.0 Å². The normalized spacial score (nSPS) is 13.2. The predicted molar refractivity (Wildman–Crippen MR) is 195 cm³/mol. The summed E-state index contributed by atoms with van der Waals surface area (Å²) in [5, 5.41) is 25.5. The summed E-state index contributed by atoms with van der Waals surface area (Å²) in [6.07, 6.45) is 8.63. The van der Waals surface area contributed by atoms with E-state index < -0.39 is 0 Å². The molecule has 6 aromatic rings. The van der Waals surface area contributed by atoms with Gasteiger partial charge in [0.15, 0.2) is 11.6 Å². The maximum atomic E-state index is 6.46. The van der Waals surface area contributed by atoms with Crippen molar-refractivity contribution in [2.24, 2.45) is 5.92 Å². The van der Waals surface area contributed by atoms with Crippen molar-refractivity contribution >= 4 is 68.4 Å². The van der Waals surface area contributed by atoms with Gasteiger partial charge in [-0.15, -0.1) is 0 Å². The Morgan fingerprint density at radius 1 is 0.733 bits per heavy atom. The third kappa shape index (κ3) is 7.60. The fourth-order valence-electron chi connectivity index (χ4n) is 5.90. The summed E-state index contributed by atoms with van der Waals surface area (Å²) in [5.41, 5.74) is 6.25. The van der Waals surface area contributed by atoms with Crippen LogP contribution in [0.25, 0.3) is 44.1 Å². The van der Waals surface area contributed by atoms with E-state index in [1.807, 2.05) is 60.3 Å². The van der Waals surface area contributed by atoms with Crippen LogP contribution in [0.5, 0.6) is 0 Å². The summed E-state index contributed by atoms with van der Waals surface area (Å²) in [5.74, 6) is 3.75. The molecule has 0 unspecified atom stereocenters. The first-order chi connectivity index (χ1) is 22.1. The Kier molecular flexibility index (Phi) is 10.5. The number of anilines is 2. The van der Waals surface area contributed by atoms with Crippen LogP contribution in [0.2, 0.25) is 10.0 Å². The minimum absolute atomic E-state index is 0.733. The number of rotatable bonds is 10. The zero-order valence-electron chi connectivity index (χ0n) is 25.4. The molecule has 2 aromatic heterocycles. The number of thioether (sulfide) groups is 1. The molecule has 0 aliphatic heterocycles. The molecule has 6 nitrogen and oxygen atoms in total. The van der Waals surface area contributed by atoms with Crippen LogP contribution in [0.1, 0.15) is 32.1 Å². The Labute approximate surface area is 278 Å². The van der Waals surface area contributed by atoms with E-state index >= 15 is 0 Å². The van der Waals surface area contributed by atoms with Crippen molar-refractivity contribution < 1.29 is 0 Å². The van der Waals surface area contributed by atoms with Crippen molar-refractivity contribution in [1.82, 2.24) is 20.4 Å². The average Bonchev–Trinajstić information content (AvgIpc) is 3.83. The standard InChI is InChI=1S/C19H20ClN3.C17H18ClN3S/c20-17-11-18-16(10-15(17)14-8-2-1-3-9-14)19(23-22-18)21-12-13-6-4-5-7-13;1-22-9-5-8-19-17-14-10-13(12-6-3-2-4-7-12)15(18)11-16(14)20-21-17/h1-3,8-11,13H,4-7,12H2,(H2,21,22,23);2-4,6-7,10-11H,5,8-9H2,1H3,(H2,19,20,21). The second-order valence-corrected chi connectivity index (χ2v) is 13.2. The average molecular weight is 658 g/mol. The van der Waals surface area contributed by atoms with E-state index in [0.717, 1.165) is 96.9 Å². The Hall–Kier alpha value is -3.65. The number of fused-ring (bicyclic) bond motifs is 2. The van der Waals surface area contributed by atoms with Crippen molar-refractivity contribution in [1.29, 1.82) is 0 Å². The van der Waals surface area contributed by atoms with E-state index in [1.165, 1.54) is 25.7 Å². The quantitative estimate of drug-likeness (QED) is 0.110. The van der Waals surface area contributed by atoms with Gasteiger partial charge >= 0.3 is 0 Å². The largest absolute Gasteiger partial charge is 0.368 e. The maximum Gasteiger partial charge on any atom is 0.155 e. The molecule has 0 spiro atoms. The van der Waals surface area contributed by atoms with Gasteiger partial charge in [0.25, 0.3) is 0 Å². The SMILES string of the molecule is CSCCCNc1n[nH]c2cc(Cl)c(-c3ccccc3)cc12.Clc1cc2[nH]nc(NCC3CCCC3)c2cc1-c1ccccc1. The fourth-order valence-corrected chi connectivity index (χ4v) is 6.88. The monoisotopic (exact) mass is 656 g/mol. The van der Waals surface area contributed by atoms with Crippen molar-refractivity contribution in [3.8, 4) is 22.3 Å². The molecule has 2 heterocycles. The van der Waals surface area contributed by atoms with Gasteiger partial charge in [0.1, 0.15) is 0 Å². The fraction of sp³-hybridized carbons (Fsp3) is 0.278. The molecular weight excluding hydrogens is 619 g/mol. The molecule has 1 saturated carbocycles. The third-order valence-corrected chi connectivity index (χ3v) is 9.64. The van der Waals surface area contributed by atoms with E-state index in [4.69, 9.17) is 23.2 Å². The molecule has 0 bridgehead atoms. The lowest BCUT2D eigenvalue weighted by molar-refractivity contribution is 0.579. The predicted octanol–water partition coefficient (Wildman–Crippen LogP) is 10.5. The van der Waals surface area contributed by atoms with Crippen LogP contribution in [0.4, 0.5) is 11.6 Å². The minimum Gasteiger partial charge on any atom is -0.368 e. The van der Waals surface area contributed by atoms with E-state index in [-0.39, 0.29) is 0 Å². The molecular formula is C36H38Cl2N6S. The summed E-state index contributed by atoms with van der Waals surface area (Å²) < 4.78 is 0. The third-order valence-electron chi connectivity index (χ3n) is 8.32. The van der Waals surface area contributed by atoms with Gasteiger partial charge < -0.3 is 10.6 Å². The number of H-pyrrole nitrogens is 2. The van der Waals surface area contributed by atoms with E-state index in [2.05, 4.69) is 73.7 Å². The maximum absolute atomic E-state index is 6.46. The molecule has 1 aliphatic rings. The Bertz CT molecular complexity index is 1830. The Morgan fingerprint density at radius 2 is 1.24 bits per heavy atom. The van der Waals surface area contributed by atoms with Gasteiger partial charge in [-0.1, -0.05) is 96.7 Å². The molecule has 0 amide bonds. The molecule has 1 fully saturated rings. The zero-order valence-corrected chi connectivity index (χ0v) is 27.7. The second-order valence-electron chi connectivity index (χ2n) is 11.4. The molecule has 1 aliphatic carbocycles.